The summed E-state index contributed by atoms with van der Waals surface area (Å²) in [6.07, 6.45) is 1.25. The van der Waals surface area contributed by atoms with Crippen molar-refractivity contribution in [2.75, 3.05) is 20.8 Å². The molecule has 0 spiro atoms. The number of methoxy groups -OCH3 is 2. The topological polar surface area (TPSA) is 27.7 Å². The maximum atomic E-state index is 5.18. The molecule has 1 fully saturated rings. The van der Waals surface area contributed by atoms with Crippen LogP contribution >= 0.6 is 0 Å². The Bertz CT molecular complexity index is 78.4. The van der Waals surface area contributed by atoms with Crippen molar-refractivity contribution in [3.05, 3.63) is 0 Å². The smallest absolute Gasteiger partial charge is 0.160 e. The van der Waals surface area contributed by atoms with E-state index >= 15 is 0 Å². The van der Waals surface area contributed by atoms with E-state index in [9.17, 15) is 0 Å². The van der Waals surface area contributed by atoms with Gasteiger partial charge in [-0.1, -0.05) is 0 Å². The van der Waals surface area contributed by atoms with Crippen LogP contribution in [0.5, 0.6) is 0 Å². The van der Waals surface area contributed by atoms with Crippen LogP contribution in [0.15, 0.2) is 0 Å². The number of rotatable bonds is 3. The fraction of sp³-hybridized carbons (Fsp3) is 1.00. The molecule has 0 N–H and O–H groups in total. The Morgan fingerprint density at radius 1 is 1.56 bits per heavy atom. The number of ether oxygens (including phenoxy) is 3. The van der Waals surface area contributed by atoms with Crippen LogP contribution in [-0.4, -0.2) is 33.2 Å². The van der Waals surface area contributed by atoms with Gasteiger partial charge in [-0.25, -0.2) is 0 Å². The number of hydrogen-bond donors (Lipinski definition) is 0. The van der Waals surface area contributed by atoms with E-state index in [0.29, 0.717) is 6.61 Å². The fourth-order valence-electron chi connectivity index (χ4n) is 0.863. The molecule has 3 heteroatoms. The molecule has 0 aliphatic carbocycles. The SMILES string of the molecule is COCC1CC(OC)O1. The molecule has 0 aromatic rings. The Morgan fingerprint density at radius 3 is 2.67 bits per heavy atom. The van der Waals surface area contributed by atoms with Gasteiger partial charge in [-0.2, -0.15) is 0 Å². The monoisotopic (exact) mass is 132 g/mol. The first-order chi connectivity index (χ1) is 4.36. The molecule has 0 aromatic carbocycles. The summed E-state index contributed by atoms with van der Waals surface area (Å²) in [5.74, 6) is 0. The Morgan fingerprint density at radius 2 is 2.22 bits per heavy atom. The van der Waals surface area contributed by atoms with Crippen LogP contribution in [-0.2, 0) is 14.2 Å². The molecule has 0 radical (unpaired) electrons. The van der Waals surface area contributed by atoms with Gasteiger partial charge in [-0.3, -0.25) is 0 Å². The minimum absolute atomic E-state index is 0.0187. The highest BCUT2D eigenvalue weighted by Crippen LogP contribution is 2.20. The first-order valence-corrected chi connectivity index (χ1v) is 3.04. The molecular weight excluding hydrogens is 120 g/mol. The second kappa shape index (κ2) is 3.15. The van der Waals surface area contributed by atoms with E-state index in [1.165, 1.54) is 0 Å². The standard InChI is InChI=1S/C6H12O3/c1-7-4-5-3-6(8-2)9-5/h5-6H,3-4H2,1-2H3. The third-order valence-electron chi connectivity index (χ3n) is 1.42. The second-order valence-electron chi connectivity index (χ2n) is 2.11. The molecule has 1 aliphatic rings. The van der Waals surface area contributed by atoms with Crippen molar-refractivity contribution in [1.29, 1.82) is 0 Å². The van der Waals surface area contributed by atoms with Gasteiger partial charge in [0.05, 0.1) is 12.7 Å². The summed E-state index contributed by atoms with van der Waals surface area (Å²) in [5, 5.41) is 0. The lowest BCUT2D eigenvalue weighted by atomic mass is 10.2. The minimum atomic E-state index is 0.0187. The Balaban J connectivity index is 1.98. The zero-order valence-electron chi connectivity index (χ0n) is 5.79. The van der Waals surface area contributed by atoms with Crippen molar-refractivity contribution in [3.63, 3.8) is 0 Å². The Labute approximate surface area is 54.9 Å². The number of hydrogen-bond acceptors (Lipinski definition) is 3. The van der Waals surface area contributed by atoms with Gasteiger partial charge in [-0.05, 0) is 0 Å². The summed E-state index contributed by atoms with van der Waals surface area (Å²) in [7, 11) is 3.32. The predicted octanol–water partition coefficient (Wildman–Crippen LogP) is 0.394. The van der Waals surface area contributed by atoms with E-state index in [2.05, 4.69) is 0 Å². The van der Waals surface area contributed by atoms with E-state index in [1.807, 2.05) is 0 Å². The first kappa shape index (κ1) is 6.99. The van der Waals surface area contributed by atoms with E-state index < -0.39 is 0 Å². The molecule has 0 aromatic heterocycles. The molecule has 2 atom stereocenters. The largest absolute Gasteiger partial charge is 0.382 e. The zero-order chi connectivity index (χ0) is 6.69. The van der Waals surface area contributed by atoms with E-state index in [0.717, 1.165) is 6.42 Å². The lowest BCUT2D eigenvalue weighted by Crippen LogP contribution is -2.41. The first-order valence-electron chi connectivity index (χ1n) is 3.04. The molecule has 1 heterocycles. The van der Waals surface area contributed by atoms with Crippen molar-refractivity contribution >= 4 is 0 Å². The second-order valence-corrected chi connectivity index (χ2v) is 2.11. The quantitative estimate of drug-likeness (QED) is 0.556. The van der Waals surface area contributed by atoms with Gasteiger partial charge in [0.25, 0.3) is 0 Å². The maximum Gasteiger partial charge on any atom is 0.160 e. The van der Waals surface area contributed by atoms with Crippen LogP contribution in [0.25, 0.3) is 0 Å². The van der Waals surface area contributed by atoms with Gasteiger partial charge in [0.15, 0.2) is 6.29 Å². The van der Waals surface area contributed by atoms with Crippen LogP contribution in [0, 0.1) is 0 Å². The van der Waals surface area contributed by atoms with Crippen LogP contribution < -0.4 is 0 Å². The molecule has 1 saturated heterocycles. The van der Waals surface area contributed by atoms with Gasteiger partial charge in [-0.15, -0.1) is 0 Å². The van der Waals surface area contributed by atoms with Crippen LogP contribution in [0.2, 0.25) is 0 Å². The average molecular weight is 132 g/mol. The molecule has 1 rings (SSSR count). The predicted molar refractivity (Wildman–Crippen MR) is 32.2 cm³/mol. The van der Waals surface area contributed by atoms with Crippen LogP contribution in [0.3, 0.4) is 0 Å². The molecule has 0 amide bonds. The normalized spacial score (nSPS) is 34.0. The Hall–Kier alpha value is -0.120. The highest BCUT2D eigenvalue weighted by Gasteiger charge is 2.29. The summed E-state index contributed by atoms with van der Waals surface area (Å²) in [6, 6.07) is 0. The van der Waals surface area contributed by atoms with E-state index in [1.54, 1.807) is 14.2 Å². The van der Waals surface area contributed by atoms with Gasteiger partial charge < -0.3 is 14.2 Å². The summed E-state index contributed by atoms with van der Waals surface area (Å²) < 4.78 is 14.9. The lowest BCUT2D eigenvalue weighted by molar-refractivity contribution is -0.255. The molecule has 1 aliphatic heterocycles. The average Bonchev–Trinajstić information content (AvgIpc) is 1.77. The Kier molecular flexibility index (Phi) is 2.45. The van der Waals surface area contributed by atoms with Crippen LogP contribution in [0.1, 0.15) is 6.42 Å². The highest BCUT2D eigenvalue weighted by atomic mass is 16.7. The maximum absolute atomic E-state index is 5.18. The van der Waals surface area contributed by atoms with Gasteiger partial charge in [0, 0.05) is 20.6 Å². The van der Waals surface area contributed by atoms with Gasteiger partial charge in [0.2, 0.25) is 0 Å². The summed E-state index contributed by atoms with van der Waals surface area (Å²) in [6.45, 7) is 0.680. The fourth-order valence-corrected chi connectivity index (χ4v) is 0.863. The van der Waals surface area contributed by atoms with Crippen molar-refractivity contribution < 1.29 is 14.2 Å². The summed E-state index contributed by atoms with van der Waals surface area (Å²) >= 11 is 0. The van der Waals surface area contributed by atoms with Crippen molar-refractivity contribution in [2.24, 2.45) is 0 Å². The molecule has 9 heavy (non-hydrogen) atoms. The van der Waals surface area contributed by atoms with E-state index in [4.69, 9.17) is 14.2 Å². The molecule has 2 unspecified atom stereocenters. The molecular formula is C6H12O3. The minimum Gasteiger partial charge on any atom is -0.382 e. The molecule has 3 nitrogen and oxygen atoms in total. The van der Waals surface area contributed by atoms with Crippen molar-refractivity contribution in [2.45, 2.75) is 18.8 Å². The van der Waals surface area contributed by atoms with E-state index in [-0.39, 0.29) is 12.4 Å². The third kappa shape index (κ3) is 1.64. The molecule has 0 bridgehead atoms. The lowest BCUT2D eigenvalue weighted by Gasteiger charge is -2.33. The molecule has 0 saturated carbocycles. The van der Waals surface area contributed by atoms with Crippen molar-refractivity contribution in [3.8, 4) is 0 Å². The molecule has 54 valence electrons. The van der Waals surface area contributed by atoms with Crippen molar-refractivity contribution in [1.82, 2.24) is 0 Å². The van der Waals surface area contributed by atoms with Gasteiger partial charge in [0.1, 0.15) is 0 Å². The summed E-state index contributed by atoms with van der Waals surface area (Å²) in [4.78, 5) is 0. The zero-order valence-corrected chi connectivity index (χ0v) is 5.79. The van der Waals surface area contributed by atoms with Crippen LogP contribution in [0.4, 0.5) is 0 Å². The highest BCUT2D eigenvalue weighted by molar-refractivity contribution is 4.69. The third-order valence-corrected chi connectivity index (χ3v) is 1.42. The van der Waals surface area contributed by atoms with Gasteiger partial charge >= 0.3 is 0 Å². The summed E-state index contributed by atoms with van der Waals surface area (Å²) in [5.41, 5.74) is 0.